The molecule has 2 atom stereocenters. The average Bonchev–Trinajstić information content (AvgIpc) is 2.99. The number of alkyl halides is 3. The maximum atomic E-state index is 12.7. The van der Waals surface area contributed by atoms with E-state index in [1.54, 1.807) is 0 Å². The number of likely N-dealkylation sites (tertiary alicyclic amines) is 1. The molecule has 1 heterocycles. The molecule has 0 spiro atoms. The van der Waals surface area contributed by atoms with Crippen molar-refractivity contribution in [2.45, 2.75) is 18.6 Å². The Kier molecular flexibility index (Phi) is 6.31. The van der Waals surface area contributed by atoms with E-state index in [2.05, 4.69) is 0 Å². The van der Waals surface area contributed by atoms with Gasteiger partial charge in [0.05, 0.1) is 11.5 Å². The van der Waals surface area contributed by atoms with Gasteiger partial charge in [0.2, 0.25) is 0 Å². The molecule has 0 radical (unpaired) electrons. The maximum Gasteiger partial charge on any atom is 0.416 e. The molecule has 0 aliphatic carbocycles. The fourth-order valence-corrected chi connectivity index (χ4v) is 3.36. The van der Waals surface area contributed by atoms with Crippen molar-refractivity contribution in [3.8, 4) is 0 Å². The second-order valence-electron chi connectivity index (χ2n) is 6.35. The normalized spacial score (nSPS) is 20.6. The summed E-state index contributed by atoms with van der Waals surface area (Å²) in [6, 6.07) is 14.6. The summed E-state index contributed by atoms with van der Waals surface area (Å²) in [6.07, 6.45) is -4.39. The van der Waals surface area contributed by atoms with Crippen LogP contribution in [0.2, 0.25) is 0 Å². The summed E-state index contributed by atoms with van der Waals surface area (Å²) in [4.78, 5) is 13.6. The molecule has 1 N–H and O–H groups in total. The smallest absolute Gasteiger partial charge is 0.416 e. The van der Waals surface area contributed by atoms with E-state index >= 15 is 0 Å². The van der Waals surface area contributed by atoms with Gasteiger partial charge in [-0.25, -0.2) is 0 Å². The second kappa shape index (κ2) is 8.10. The van der Waals surface area contributed by atoms with E-state index in [1.165, 1.54) is 12.1 Å². The van der Waals surface area contributed by atoms with Gasteiger partial charge in [0.1, 0.15) is 0 Å². The fourth-order valence-electron chi connectivity index (χ4n) is 3.36. The van der Waals surface area contributed by atoms with Gasteiger partial charge in [-0.05, 0) is 23.3 Å². The number of hydrogen-bond acceptors (Lipinski definition) is 2. The molecule has 0 amide bonds. The topological polar surface area (TPSA) is 40.5 Å². The second-order valence-corrected chi connectivity index (χ2v) is 6.35. The Hall–Kier alpha value is -2.05. The highest BCUT2D eigenvalue weighted by Gasteiger charge is 2.39. The molecule has 3 rings (SSSR count). The first-order valence-electron chi connectivity index (χ1n) is 8.01. The summed E-state index contributed by atoms with van der Waals surface area (Å²) in [5.74, 6) is -1.86. The van der Waals surface area contributed by atoms with E-state index < -0.39 is 23.6 Å². The van der Waals surface area contributed by atoms with Crippen molar-refractivity contribution in [3.63, 3.8) is 0 Å². The summed E-state index contributed by atoms with van der Waals surface area (Å²) in [7, 11) is 0. The van der Waals surface area contributed by atoms with Gasteiger partial charge in [-0.3, -0.25) is 9.69 Å². The molecule has 2 aromatic carbocycles. The van der Waals surface area contributed by atoms with Gasteiger partial charge in [-0.1, -0.05) is 42.5 Å². The molecule has 1 aliphatic heterocycles. The van der Waals surface area contributed by atoms with Crippen molar-refractivity contribution in [2.75, 3.05) is 13.1 Å². The molecule has 3 nitrogen and oxygen atoms in total. The largest absolute Gasteiger partial charge is 0.481 e. The third kappa shape index (κ3) is 4.56. The number of aliphatic carboxylic acids is 1. The van der Waals surface area contributed by atoms with Crippen LogP contribution in [-0.4, -0.2) is 29.1 Å². The summed E-state index contributed by atoms with van der Waals surface area (Å²) in [6.45, 7) is 1.52. The predicted octanol–water partition coefficient (Wildman–Crippen LogP) is 4.43. The van der Waals surface area contributed by atoms with Crippen LogP contribution in [-0.2, 0) is 17.5 Å². The van der Waals surface area contributed by atoms with Gasteiger partial charge in [-0.2, -0.15) is 13.2 Å². The van der Waals surface area contributed by atoms with Gasteiger partial charge in [0, 0.05) is 25.6 Å². The van der Waals surface area contributed by atoms with Crippen LogP contribution < -0.4 is 0 Å². The SMILES string of the molecule is Cl.O=C(O)[C@@H]1CN(Cc2ccccc2)C[C@H]1c1ccc(C(F)(F)F)cc1. The molecule has 7 heteroatoms. The standard InChI is InChI=1S/C19H18F3NO2.ClH/c20-19(21,22)15-8-6-14(7-9-15)16-11-23(12-17(16)18(24)25)10-13-4-2-1-3-5-13;/h1-9,16-17H,10-12H2,(H,24,25);1H/t16-,17+;/m0./s1. The average molecular weight is 386 g/mol. The van der Waals surface area contributed by atoms with Gasteiger partial charge >= 0.3 is 12.1 Å². The molecule has 1 fully saturated rings. The van der Waals surface area contributed by atoms with Gasteiger partial charge in [0.25, 0.3) is 0 Å². The van der Waals surface area contributed by atoms with Crippen LogP contribution in [0.3, 0.4) is 0 Å². The zero-order chi connectivity index (χ0) is 18.0. The zero-order valence-electron chi connectivity index (χ0n) is 13.8. The number of carboxylic acids is 1. The number of rotatable bonds is 4. The van der Waals surface area contributed by atoms with Crippen LogP contribution in [0.5, 0.6) is 0 Å². The molecule has 26 heavy (non-hydrogen) atoms. The van der Waals surface area contributed by atoms with E-state index in [4.69, 9.17) is 0 Å². The van der Waals surface area contributed by atoms with Gasteiger partial charge in [-0.15, -0.1) is 12.4 Å². The number of carboxylic acid groups (broad SMARTS) is 1. The summed E-state index contributed by atoms with van der Waals surface area (Å²) < 4.78 is 38.1. The summed E-state index contributed by atoms with van der Waals surface area (Å²) >= 11 is 0. The van der Waals surface area contributed by atoms with E-state index in [9.17, 15) is 23.1 Å². The van der Waals surface area contributed by atoms with Crippen molar-refractivity contribution < 1.29 is 23.1 Å². The molecular weight excluding hydrogens is 367 g/mol. The van der Waals surface area contributed by atoms with E-state index in [0.717, 1.165) is 17.7 Å². The van der Waals surface area contributed by atoms with Crippen LogP contribution in [0.15, 0.2) is 54.6 Å². The van der Waals surface area contributed by atoms with Crippen molar-refractivity contribution in [1.29, 1.82) is 0 Å². The van der Waals surface area contributed by atoms with E-state index in [-0.39, 0.29) is 18.3 Å². The number of halogens is 4. The van der Waals surface area contributed by atoms with Crippen LogP contribution in [0.1, 0.15) is 22.6 Å². The highest BCUT2D eigenvalue weighted by Crippen LogP contribution is 2.36. The molecule has 0 bridgehead atoms. The first kappa shape index (κ1) is 20.3. The number of carbonyl (C=O) groups is 1. The third-order valence-corrected chi connectivity index (χ3v) is 4.63. The fraction of sp³-hybridized carbons (Fsp3) is 0.316. The Labute approximate surface area is 155 Å². The van der Waals surface area contributed by atoms with Crippen LogP contribution in [0, 0.1) is 5.92 Å². The Morgan fingerprint density at radius 3 is 2.19 bits per heavy atom. The quantitative estimate of drug-likeness (QED) is 0.846. The highest BCUT2D eigenvalue weighted by molar-refractivity contribution is 5.85. The first-order chi connectivity index (χ1) is 11.8. The first-order valence-corrected chi connectivity index (χ1v) is 8.01. The van der Waals surface area contributed by atoms with Crippen molar-refractivity contribution >= 4 is 18.4 Å². The van der Waals surface area contributed by atoms with Gasteiger partial charge < -0.3 is 5.11 Å². The van der Waals surface area contributed by atoms with Crippen LogP contribution >= 0.6 is 12.4 Å². The minimum atomic E-state index is -4.39. The Morgan fingerprint density at radius 1 is 1.04 bits per heavy atom. The molecule has 1 saturated heterocycles. The molecule has 0 saturated carbocycles. The van der Waals surface area contributed by atoms with Crippen molar-refractivity contribution in [2.24, 2.45) is 5.92 Å². The Balaban J connectivity index is 0.00000243. The van der Waals surface area contributed by atoms with Crippen molar-refractivity contribution in [1.82, 2.24) is 4.90 Å². The molecule has 140 valence electrons. The third-order valence-electron chi connectivity index (χ3n) is 4.63. The number of hydrogen-bond donors (Lipinski definition) is 1. The van der Waals surface area contributed by atoms with Gasteiger partial charge in [0.15, 0.2) is 0 Å². The maximum absolute atomic E-state index is 12.7. The monoisotopic (exact) mass is 385 g/mol. The van der Waals surface area contributed by atoms with E-state index in [0.29, 0.717) is 25.2 Å². The number of nitrogens with zero attached hydrogens (tertiary/aromatic N) is 1. The summed E-state index contributed by atoms with van der Waals surface area (Å²) in [5.41, 5.74) is 0.998. The lowest BCUT2D eigenvalue weighted by atomic mass is 9.88. The summed E-state index contributed by atoms with van der Waals surface area (Å²) in [5, 5.41) is 9.51. The Bertz CT molecular complexity index is 735. The Morgan fingerprint density at radius 2 is 1.65 bits per heavy atom. The van der Waals surface area contributed by atoms with Crippen molar-refractivity contribution in [3.05, 3.63) is 71.3 Å². The molecule has 2 aromatic rings. The minimum Gasteiger partial charge on any atom is -0.481 e. The molecule has 0 unspecified atom stereocenters. The highest BCUT2D eigenvalue weighted by atomic mass is 35.5. The van der Waals surface area contributed by atoms with Crippen LogP contribution in [0.4, 0.5) is 13.2 Å². The van der Waals surface area contributed by atoms with E-state index in [1.807, 2.05) is 35.2 Å². The lowest BCUT2D eigenvalue weighted by molar-refractivity contribution is -0.142. The molecule has 1 aliphatic rings. The zero-order valence-corrected chi connectivity index (χ0v) is 14.6. The lowest BCUT2D eigenvalue weighted by Crippen LogP contribution is -2.23. The lowest BCUT2D eigenvalue weighted by Gasteiger charge is -2.17. The molecule has 0 aromatic heterocycles. The minimum absolute atomic E-state index is 0. The predicted molar refractivity (Wildman–Crippen MR) is 94.3 cm³/mol. The number of benzene rings is 2. The molecular formula is C19H19ClF3NO2. The van der Waals surface area contributed by atoms with Crippen LogP contribution in [0.25, 0.3) is 0 Å².